The normalized spacial score (nSPS) is 10.8. The van der Waals surface area contributed by atoms with E-state index < -0.39 is 24.5 Å². The maximum absolute atomic E-state index is 12.2. The van der Waals surface area contributed by atoms with Crippen molar-refractivity contribution in [1.82, 2.24) is 0 Å². The summed E-state index contributed by atoms with van der Waals surface area (Å²) in [6.45, 7) is 5.85. The second-order valence-electron chi connectivity index (χ2n) is 6.99. The highest BCUT2D eigenvalue weighted by molar-refractivity contribution is 6.04. The van der Waals surface area contributed by atoms with Gasteiger partial charge in [0, 0.05) is 5.69 Å². The van der Waals surface area contributed by atoms with Crippen LogP contribution in [0, 0.1) is 0 Å². The first kappa shape index (κ1) is 20.2. The van der Waals surface area contributed by atoms with Crippen LogP contribution < -0.4 is 5.32 Å². The second-order valence-corrected chi connectivity index (χ2v) is 6.99. The van der Waals surface area contributed by atoms with Gasteiger partial charge in [0.15, 0.2) is 6.61 Å². The Kier molecular flexibility index (Phi) is 6.34. The maximum Gasteiger partial charge on any atom is 0.339 e. The highest BCUT2D eigenvalue weighted by Gasteiger charge is 2.19. The number of hydrogen-bond acceptors (Lipinski definition) is 5. The van der Waals surface area contributed by atoms with Crippen LogP contribution in [0.25, 0.3) is 0 Å². The van der Waals surface area contributed by atoms with Gasteiger partial charge in [-0.05, 0) is 35.2 Å². The molecule has 6 heteroatoms. The molecule has 1 amide bonds. The van der Waals surface area contributed by atoms with Gasteiger partial charge in [0.05, 0.1) is 18.2 Å². The summed E-state index contributed by atoms with van der Waals surface area (Å²) >= 11 is 0. The molecule has 0 aromatic heterocycles. The second kappa shape index (κ2) is 8.49. The van der Waals surface area contributed by atoms with Gasteiger partial charge in [-0.15, -0.1) is 0 Å². The minimum Gasteiger partial charge on any atom is -0.465 e. The summed E-state index contributed by atoms with van der Waals surface area (Å²) in [4.78, 5) is 35.9. The molecule has 2 aromatic rings. The number of nitrogens with one attached hydrogen (secondary N) is 1. The first-order valence-electron chi connectivity index (χ1n) is 8.47. The van der Waals surface area contributed by atoms with Crippen LogP contribution >= 0.6 is 0 Å². The summed E-state index contributed by atoms with van der Waals surface area (Å²) < 4.78 is 9.66. The van der Waals surface area contributed by atoms with Gasteiger partial charge in [-0.1, -0.05) is 45.0 Å². The van der Waals surface area contributed by atoms with Gasteiger partial charge < -0.3 is 14.8 Å². The number of anilines is 1. The van der Waals surface area contributed by atoms with Crippen molar-refractivity contribution in [2.45, 2.75) is 26.2 Å². The van der Waals surface area contributed by atoms with Crippen molar-refractivity contribution in [2.24, 2.45) is 0 Å². The molecule has 27 heavy (non-hydrogen) atoms. The number of esters is 2. The highest BCUT2D eigenvalue weighted by Crippen LogP contribution is 2.23. The van der Waals surface area contributed by atoms with Gasteiger partial charge in [-0.25, -0.2) is 9.59 Å². The van der Waals surface area contributed by atoms with Gasteiger partial charge in [-0.3, -0.25) is 4.79 Å². The molecule has 0 saturated carbocycles. The molecule has 0 spiro atoms. The summed E-state index contributed by atoms with van der Waals surface area (Å²) in [6, 6.07) is 13.6. The number of benzene rings is 2. The van der Waals surface area contributed by atoms with Crippen LogP contribution in [0.1, 0.15) is 47.1 Å². The topological polar surface area (TPSA) is 81.7 Å². The molecule has 0 atom stereocenters. The summed E-state index contributed by atoms with van der Waals surface area (Å²) in [5.41, 5.74) is 1.91. The first-order valence-corrected chi connectivity index (χ1v) is 8.47. The Bertz CT molecular complexity index is 834. The number of methoxy groups -OCH3 is 1. The number of rotatable bonds is 5. The van der Waals surface area contributed by atoms with Gasteiger partial charge in [0.2, 0.25) is 0 Å². The summed E-state index contributed by atoms with van der Waals surface area (Å²) in [5.74, 6) is -1.89. The first-order chi connectivity index (χ1) is 12.7. The fraction of sp³-hybridized carbons (Fsp3) is 0.286. The molecule has 0 aliphatic heterocycles. The van der Waals surface area contributed by atoms with Crippen LogP contribution in [0.2, 0.25) is 0 Å². The molecule has 1 N–H and O–H groups in total. The molecule has 0 saturated heterocycles. The van der Waals surface area contributed by atoms with E-state index in [1.165, 1.54) is 19.2 Å². The maximum atomic E-state index is 12.2. The predicted molar refractivity (Wildman–Crippen MR) is 102 cm³/mol. The zero-order valence-electron chi connectivity index (χ0n) is 15.9. The lowest BCUT2D eigenvalue weighted by Crippen LogP contribution is -2.22. The standard InChI is InChI=1S/C21H23NO5/c1-21(2,3)14-9-11-15(12-10-14)22-18(23)13-27-20(25)17-8-6-5-7-16(17)19(24)26-4/h5-12H,13H2,1-4H3,(H,22,23). The van der Waals surface area contributed by atoms with E-state index in [1.54, 1.807) is 24.3 Å². The predicted octanol–water partition coefficient (Wildman–Crippen LogP) is 3.57. The molecule has 2 aromatic carbocycles. The smallest absolute Gasteiger partial charge is 0.339 e. The average Bonchev–Trinajstić information content (AvgIpc) is 2.65. The molecule has 0 heterocycles. The van der Waals surface area contributed by atoms with Crippen LogP contribution in [0.15, 0.2) is 48.5 Å². The number of carbonyl (C=O) groups is 3. The monoisotopic (exact) mass is 369 g/mol. The highest BCUT2D eigenvalue weighted by atomic mass is 16.5. The lowest BCUT2D eigenvalue weighted by molar-refractivity contribution is -0.119. The molecule has 6 nitrogen and oxygen atoms in total. The van der Waals surface area contributed by atoms with E-state index in [4.69, 9.17) is 4.74 Å². The minimum atomic E-state index is -0.769. The Hall–Kier alpha value is -3.15. The molecule has 0 aliphatic rings. The quantitative estimate of drug-likeness (QED) is 0.815. The van der Waals surface area contributed by atoms with Gasteiger partial charge in [-0.2, -0.15) is 0 Å². The van der Waals surface area contributed by atoms with E-state index in [1.807, 2.05) is 12.1 Å². The molecular weight excluding hydrogens is 346 g/mol. The Morgan fingerprint density at radius 2 is 1.44 bits per heavy atom. The molecule has 0 radical (unpaired) electrons. The van der Waals surface area contributed by atoms with E-state index >= 15 is 0 Å². The lowest BCUT2D eigenvalue weighted by Gasteiger charge is -2.19. The van der Waals surface area contributed by atoms with E-state index in [0.717, 1.165) is 5.56 Å². The number of amides is 1. The van der Waals surface area contributed by atoms with Crippen molar-refractivity contribution >= 4 is 23.5 Å². The number of hydrogen-bond donors (Lipinski definition) is 1. The van der Waals surface area contributed by atoms with Gasteiger partial charge in [0.1, 0.15) is 0 Å². The van der Waals surface area contributed by atoms with E-state index in [2.05, 4.69) is 30.8 Å². The summed E-state index contributed by atoms with van der Waals surface area (Å²) in [5, 5.41) is 2.67. The van der Waals surface area contributed by atoms with Crippen LogP contribution in [0.4, 0.5) is 5.69 Å². The molecule has 142 valence electrons. The third-order valence-electron chi connectivity index (χ3n) is 3.92. The van der Waals surface area contributed by atoms with Crippen LogP contribution in [0.5, 0.6) is 0 Å². The van der Waals surface area contributed by atoms with Crippen molar-refractivity contribution < 1.29 is 23.9 Å². The van der Waals surface area contributed by atoms with Crippen LogP contribution in [-0.2, 0) is 19.7 Å². The molecular formula is C21H23NO5. The Morgan fingerprint density at radius 1 is 0.889 bits per heavy atom. The molecule has 0 bridgehead atoms. The Balaban J connectivity index is 1.96. The Morgan fingerprint density at radius 3 is 1.96 bits per heavy atom. The Labute approximate surface area is 158 Å². The van der Waals surface area contributed by atoms with Gasteiger partial charge >= 0.3 is 11.9 Å². The van der Waals surface area contributed by atoms with Crippen LogP contribution in [0.3, 0.4) is 0 Å². The zero-order chi connectivity index (χ0) is 20.0. The van der Waals surface area contributed by atoms with Crippen molar-refractivity contribution in [3.63, 3.8) is 0 Å². The third-order valence-corrected chi connectivity index (χ3v) is 3.92. The van der Waals surface area contributed by atoms with Crippen LogP contribution in [-0.4, -0.2) is 31.6 Å². The molecule has 0 fully saturated rings. The largest absolute Gasteiger partial charge is 0.465 e. The molecule has 0 aliphatic carbocycles. The van der Waals surface area contributed by atoms with Crippen molar-refractivity contribution in [3.8, 4) is 0 Å². The van der Waals surface area contributed by atoms with Crippen molar-refractivity contribution in [1.29, 1.82) is 0 Å². The third kappa shape index (κ3) is 5.41. The summed E-state index contributed by atoms with van der Waals surface area (Å²) in [6.07, 6.45) is 0. The van der Waals surface area contributed by atoms with Crippen molar-refractivity contribution in [3.05, 3.63) is 65.2 Å². The van der Waals surface area contributed by atoms with Crippen molar-refractivity contribution in [2.75, 3.05) is 19.0 Å². The minimum absolute atomic E-state index is 0.0189. The van der Waals surface area contributed by atoms with Gasteiger partial charge in [0.25, 0.3) is 5.91 Å². The summed E-state index contributed by atoms with van der Waals surface area (Å²) in [7, 11) is 1.23. The van der Waals surface area contributed by atoms with E-state index in [9.17, 15) is 14.4 Å². The fourth-order valence-corrected chi connectivity index (χ4v) is 2.41. The average molecular weight is 369 g/mol. The van der Waals surface area contributed by atoms with E-state index in [0.29, 0.717) is 5.69 Å². The lowest BCUT2D eigenvalue weighted by atomic mass is 9.87. The molecule has 0 unspecified atom stereocenters. The molecule has 2 rings (SSSR count). The SMILES string of the molecule is COC(=O)c1ccccc1C(=O)OCC(=O)Nc1ccc(C(C)(C)C)cc1. The zero-order valence-corrected chi connectivity index (χ0v) is 15.9. The number of carbonyl (C=O) groups excluding carboxylic acids is 3. The fourth-order valence-electron chi connectivity index (χ4n) is 2.41. The number of ether oxygens (including phenoxy) is 2. The van der Waals surface area contributed by atoms with E-state index in [-0.39, 0.29) is 16.5 Å².